The van der Waals surface area contributed by atoms with E-state index >= 15 is 0 Å². The molecule has 0 saturated carbocycles. The fourth-order valence-corrected chi connectivity index (χ4v) is 4.61. The highest BCUT2D eigenvalue weighted by molar-refractivity contribution is 7.89. The predicted octanol–water partition coefficient (Wildman–Crippen LogP) is 2.69. The van der Waals surface area contributed by atoms with E-state index in [-0.39, 0.29) is 10.8 Å². The standard InChI is InChI=1S/C16H20N2O3S/c1-11-16(12(2)21-18-11)22(19,20)17-10-14-8-5-7-13-6-3-4-9-15(13)14/h3-4,6,9,14,17H,5,7-8,10H2,1-2H3/t14-/m0/s1. The van der Waals surface area contributed by atoms with Crippen molar-refractivity contribution in [2.24, 2.45) is 0 Å². The second-order valence-corrected chi connectivity index (χ2v) is 7.50. The lowest BCUT2D eigenvalue weighted by molar-refractivity contribution is 0.390. The van der Waals surface area contributed by atoms with Gasteiger partial charge in [-0.3, -0.25) is 0 Å². The first-order valence-electron chi connectivity index (χ1n) is 7.49. The molecule has 0 unspecified atom stereocenters. The van der Waals surface area contributed by atoms with Gasteiger partial charge in [0.05, 0.1) is 0 Å². The second kappa shape index (κ2) is 5.85. The van der Waals surface area contributed by atoms with Crippen molar-refractivity contribution in [3.05, 3.63) is 46.8 Å². The SMILES string of the molecule is Cc1noc(C)c1S(=O)(=O)NC[C@@H]1CCCc2ccccc21. The van der Waals surface area contributed by atoms with E-state index in [1.54, 1.807) is 13.8 Å². The van der Waals surface area contributed by atoms with Gasteiger partial charge in [-0.15, -0.1) is 0 Å². The number of aromatic nitrogens is 1. The molecule has 118 valence electrons. The van der Waals surface area contributed by atoms with E-state index in [1.807, 2.05) is 12.1 Å². The highest BCUT2D eigenvalue weighted by Gasteiger charge is 2.26. The predicted molar refractivity (Wildman–Crippen MR) is 83.3 cm³/mol. The van der Waals surface area contributed by atoms with Gasteiger partial charge in [-0.1, -0.05) is 29.4 Å². The number of benzene rings is 1. The quantitative estimate of drug-likeness (QED) is 0.940. The Balaban J connectivity index is 1.79. The van der Waals surface area contributed by atoms with E-state index in [1.165, 1.54) is 11.1 Å². The molecule has 1 atom stereocenters. The maximum Gasteiger partial charge on any atom is 0.245 e. The third-order valence-corrected chi connectivity index (χ3v) is 5.92. The average Bonchev–Trinajstić information content (AvgIpc) is 2.85. The molecular weight excluding hydrogens is 300 g/mol. The zero-order chi connectivity index (χ0) is 15.7. The molecule has 1 heterocycles. The third kappa shape index (κ3) is 2.80. The van der Waals surface area contributed by atoms with Gasteiger partial charge in [0.15, 0.2) is 5.76 Å². The van der Waals surface area contributed by atoms with E-state index in [4.69, 9.17) is 4.52 Å². The van der Waals surface area contributed by atoms with Crippen LogP contribution in [0.3, 0.4) is 0 Å². The highest BCUT2D eigenvalue weighted by atomic mass is 32.2. The molecule has 1 aromatic heterocycles. The Bertz CT molecular complexity index is 761. The Labute approximate surface area is 130 Å². The van der Waals surface area contributed by atoms with Crippen LogP contribution in [0, 0.1) is 13.8 Å². The molecule has 1 aliphatic carbocycles. The van der Waals surface area contributed by atoms with Crippen molar-refractivity contribution in [2.45, 2.75) is 43.9 Å². The molecule has 3 rings (SSSR count). The Hall–Kier alpha value is -1.66. The van der Waals surface area contributed by atoms with Crippen LogP contribution in [0.4, 0.5) is 0 Å². The lowest BCUT2D eigenvalue weighted by atomic mass is 9.83. The minimum Gasteiger partial charge on any atom is -0.360 e. The van der Waals surface area contributed by atoms with Gasteiger partial charge in [-0.2, -0.15) is 0 Å². The number of nitrogens with zero attached hydrogens (tertiary/aromatic N) is 1. The zero-order valence-corrected chi connectivity index (χ0v) is 13.6. The van der Waals surface area contributed by atoms with Crippen molar-refractivity contribution in [2.75, 3.05) is 6.54 Å². The molecule has 0 spiro atoms. The minimum absolute atomic E-state index is 0.164. The number of sulfonamides is 1. The summed E-state index contributed by atoms with van der Waals surface area (Å²) in [7, 11) is -3.59. The Morgan fingerprint density at radius 2 is 2.09 bits per heavy atom. The number of fused-ring (bicyclic) bond motifs is 1. The Morgan fingerprint density at radius 1 is 1.32 bits per heavy atom. The van der Waals surface area contributed by atoms with Crippen LogP contribution in [-0.4, -0.2) is 20.1 Å². The molecule has 1 N–H and O–H groups in total. The van der Waals surface area contributed by atoms with E-state index in [0.717, 1.165) is 19.3 Å². The minimum atomic E-state index is -3.59. The van der Waals surface area contributed by atoms with Gasteiger partial charge in [0.2, 0.25) is 10.0 Å². The summed E-state index contributed by atoms with van der Waals surface area (Å²) < 4.78 is 32.6. The average molecular weight is 320 g/mol. The van der Waals surface area contributed by atoms with Gasteiger partial charge < -0.3 is 4.52 Å². The van der Waals surface area contributed by atoms with E-state index < -0.39 is 10.0 Å². The summed E-state index contributed by atoms with van der Waals surface area (Å²) in [4.78, 5) is 0.164. The largest absolute Gasteiger partial charge is 0.360 e. The van der Waals surface area contributed by atoms with Crippen molar-refractivity contribution >= 4 is 10.0 Å². The van der Waals surface area contributed by atoms with Crippen LogP contribution in [0.25, 0.3) is 0 Å². The van der Waals surface area contributed by atoms with Crippen LogP contribution >= 0.6 is 0 Å². The molecule has 0 aliphatic heterocycles. The summed E-state index contributed by atoms with van der Waals surface area (Å²) in [6, 6.07) is 8.28. The van der Waals surface area contributed by atoms with Crippen molar-refractivity contribution < 1.29 is 12.9 Å². The van der Waals surface area contributed by atoms with Gasteiger partial charge in [0.25, 0.3) is 0 Å². The lowest BCUT2D eigenvalue weighted by Gasteiger charge is -2.25. The smallest absolute Gasteiger partial charge is 0.245 e. The molecule has 22 heavy (non-hydrogen) atoms. The fraction of sp³-hybridized carbons (Fsp3) is 0.438. The molecule has 5 nitrogen and oxygen atoms in total. The monoisotopic (exact) mass is 320 g/mol. The first-order chi connectivity index (χ1) is 10.5. The van der Waals surface area contributed by atoms with E-state index in [9.17, 15) is 8.42 Å². The van der Waals surface area contributed by atoms with Crippen molar-refractivity contribution in [3.8, 4) is 0 Å². The molecule has 2 aromatic rings. The maximum absolute atomic E-state index is 12.5. The molecule has 0 amide bonds. The van der Waals surface area contributed by atoms with Crippen molar-refractivity contribution in [1.29, 1.82) is 0 Å². The van der Waals surface area contributed by atoms with Gasteiger partial charge >= 0.3 is 0 Å². The molecule has 0 fully saturated rings. The third-order valence-electron chi connectivity index (χ3n) is 4.25. The molecule has 1 aromatic carbocycles. The zero-order valence-electron chi connectivity index (χ0n) is 12.8. The summed E-state index contributed by atoms with van der Waals surface area (Å²) in [6.07, 6.45) is 3.17. The second-order valence-electron chi connectivity index (χ2n) is 5.79. The first kappa shape index (κ1) is 15.2. The van der Waals surface area contributed by atoms with Crippen LogP contribution in [0.15, 0.2) is 33.7 Å². The molecule has 6 heteroatoms. The number of hydrogen-bond acceptors (Lipinski definition) is 4. The normalized spacial score (nSPS) is 18.2. The van der Waals surface area contributed by atoms with Crippen LogP contribution in [0.1, 0.15) is 41.3 Å². The van der Waals surface area contributed by atoms with Crippen LogP contribution in [0.2, 0.25) is 0 Å². The van der Waals surface area contributed by atoms with E-state index in [0.29, 0.717) is 18.0 Å². The maximum atomic E-state index is 12.5. The summed E-state index contributed by atoms with van der Waals surface area (Å²) >= 11 is 0. The number of aryl methyl sites for hydroxylation is 3. The molecular formula is C16H20N2O3S. The van der Waals surface area contributed by atoms with Crippen LogP contribution < -0.4 is 4.72 Å². The molecule has 1 aliphatic rings. The molecule has 0 bridgehead atoms. The Morgan fingerprint density at radius 3 is 2.82 bits per heavy atom. The van der Waals surface area contributed by atoms with E-state index in [2.05, 4.69) is 22.0 Å². The molecule has 0 saturated heterocycles. The lowest BCUT2D eigenvalue weighted by Crippen LogP contribution is -2.30. The van der Waals surface area contributed by atoms with Crippen LogP contribution in [-0.2, 0) is 16.4 Å². The molecule has 0 radical (unpaired) electrons. The fourth-order valence-electron chi connectivity index (χ4n) is 3.21. The van der Waals surface area contributed by atoms with Gasteiger partial charge in [-0.25, -0.2) is 13.1 Å². The van der Waals surface area contributed by atoms with Gasteiger partial charge in [0, 0.05) is 6.54 Å². The summed E-state index contributed by atoms with van der Waals surface area (Å²) in [6.45, 7) is 3.66. The summed E-state index contributed by atoms with van der Waals surface area (Å²) in [5, 5.41) is 3.72. The number of hydrogen-bond donors (Lipinski definition) is 1. The summed E-state index contributed by atoms with van der Waals surface area (Å²) in [5.41, 5.74) is 2.99. The topological polar surface area (TPSA) is 72.2 Å². The highest BCUT2D eigenvalue weighted by Crippen LogP contribution is 2.31. The number of nitrogens with one attached hydrogen (secondary N) is 1. The van der Waals surface area contributed by atoms with Gasteiger partial charge in [-0.05, 0) is 50.2 Å². The van der Waals surface area contributed by atoms with Crippen molar-refractivity contribution in [1.82, 2.24) is 9.88 Å². The number of rotatable bonds is 4. The first-order valence-corrected chi connectivity index (χ1v) is 8.97. The van der Waals surface area contributed by atoms with Crippen molar-refractivity contribution in [3.63, 3.8) is 0 Å². The summed E-state index contributed by atoms with van der Waals surface area (Å²) in [5.74, 6) is 0.550. The Kier molecular flexibility index (Phi) is 4.06. The van der Waals surface area contributed by atoms with Crippen LogP contribution in [0.5, 0.6) is 0 Å². The van der Waals surface area contributed by atoms with Gasteiger partial charge in [0.1, 0.15) is 10.6 Å².